The summed E-state index contributed by atoms with van der Waals surface area (Å²) < 4.78 is 12.1. The molecule has 3 unspecified atom stereocenters. The number of halogens is 1. The third-order valence-corrected chi connectivity index (χ3v) is 5.03. The molecule has 0 spiro atoms. The van der Waals surface area contributed by atoms with E-state index in [0.29, 0.717) is 24.8 Å². The van der Waals surface area contributed by atoms with E-state index >= 15 is 0 Å². The highest BCUT2D eigenvalue weighted by atomic mass is 79.9. The maximum absolute atomic E-state index is 5.90. The molecule has 2 bridgehead atoms. The summed E-state index contributed by atoms with van der Waals surface area (Å²) in [7, 11) is 1.67. The summed E-state index contributed by atoms with van der Waals surface area (Å²) in [5.74, 6) is 1.70. The summed E-state index contributed by atoms with van der Waals surface area (Å²) in [6.07, 6.45) is 4.24. The zero-order valence-corrected chi connectivity index (χ0v) is 15.2. The Balaban J connectivity index is 1.63. The van der Waals surface area contributed by atoms with E-state index in [2.05, 4.69) is 33.5 Å². The van der Waals surface area contributed by atoms with Gasteiger partial charge in [0.1, 0.15) is 5.75 Å². The minimum absolute atomic E-state index is 0.346. The van der Waals surface area contributed by atoms with Crippen LogP contribution in [-0.4, -0.2) is 37.9 Å². The van der Waals surface area contributed by atoms with Gasteiger partial charge in [-0.1, -0.05) is 6.07 Å². The lowest BCUT2D eigenvalue weighted by Gasteiger charge is -2.22. The van der Waals surface area contributed by atoms with Crippen LogP contribution in [0.2, 0.25) is 0 Å². The number of ether oxygens (including phenoxy) is 2. The second-order valence-electron chi connectivity index (χ2n) is 6.02. The van der Waals surface area contributed by atoms with E-state index in [4.69, 9.17) is 14.5 Å². The third-order valence-electron chi connectivity index (χ3n) is 4.41. The molecule has 126 valence electrons. The van der Waals surface area contributed by atoms with Gasteiger partial charge in [0.05, 0.1) is 36.4 Å². The maximum Gasteiger partial charge on any atom is 0.191 e. The van der Waals surface area contributed by atoms with Gasteiger partial charge in [0.15, 0.2) is 5.96 Å². The van der Waals surface area contributed by atoms with Crippen molar-refractivity contribution in [1.82, 2.24) is 10.6 Å². The Morgan fingerprint density at radius 2 is 2.30 bits per heavy atom. The van der Waals surface area contributed by atoms with Gasteiger partial charge in [-0.15, -0.1) is 0 Å². The first-order valence-corrected chi connectivity index (χ1v) is 9.01. The zero-order chi connectivity index (χ0) is 16.2. The molecular formula is C17H24BrN3O2. The van der Waals surface area contributed by atoms with E-state index in [0.717, 1.165) is 41.1 Å². The van der Waals surface area contributed by atoms with Gasteiger partial charge < -0.3 is 20.1 Å². The number of aliphatic imine (C=N–C) groups is 1. The highest BCUT2D eigenvalue weighted by Gasteiger charge is 2.41. The molecule has 0 saturated carbocycles. The smallest absolute Gasteiger partial charge is 0.191 e. The second kappa shape index (κ2) is 7.53. The van der Waals surface area contributed by atoms with E-state index in [-0.39, 0.29) is 0 Å². The van der Waals surface area contributed by atoms with Crippen LogP contribution >= 0.6 is 15.9 Å². The summed E-state index contributed by atoms with van der Waals surface area (Å²) in [5, 5.41) is 6.86. The molecule has 1 aromatic carbocycles. The van der Waals surface area contributed by atoms with Crippen LogP contribution < -0.4 is 15.4 Å². The number of benzene rings is 1. The molecular weight excluding hydrogens is 358 g/mol. The Morgan fingerprint density at radius 1 is 1.43 bits per heavy atom. The monoisotopic (exact) mass is 381 g/mol. The number of methoxy groups -OCH3 is 1. The standard InChI is InChI=1S/C17H24BrN3O2/c1-3-19-17(21-14-9-12-5-7-16(14)23-12)20-10-11-4-6-15(22-2)13(18)8-11/h4,6,8,12,14,16H,3,5,7,9-10H2,1-2H3,(H2,19,20,21). The lowest BCUT2D eigenvalue weighted by atomic mass is 9.96. The maximum atomic E-state index is 5.90. The van der Waals surface area contributed by atoms with Crippen molar-refractivity contribution in [3.05, 3.63) is 28.2 Å². The molecule has 2 aliphatic rings. The number of nitrogens with zero attached hydrogens (tertiary/aromatic N) is 1. The van der Waals surface area contributed by atoms with Crippen LogP contribution in [-0.2, 0) is 11.3 Å². The van der Waals surface area contributed by atoms with E-state index in [9.17, 15) is 0 Å². The summed E-state index contributed by atoms with van der Waals surface area (Å²) in [4.78, 5) is 4.70. The van der Waals surface area contributed by atoms with Crippen molar-refractivity contribution in [2.24, 2.45) is 4.99 Å². The molecule has 0 amide bonds. The molecule has 1 aromatic rings. The first-order chi connectivity index (χ1) is 11.2. The molecule has 2 N–H and O–H groups in total. The van der Waals surface area contributed by atoms with Crippen molar-refractivity contribution in [3.63, 3.8) is 0 Å². The zero-order valence-electron chi connectivity index (χ0n) is 13.6. The Hall–Kier alpha value is -1.27. The largest absolute Gasteiger partial charge is 0.496 e. The fraction of sp³-hybridized carbons (Fsp3) is 0.588. The number of nitrogens with one attached hydrogen (secondary N) is 2. The number of guanidine groups is 1. The van der Waals surface area contributed by atoms with Crippen LogP contribution in [0.4, 0.5) is 0 Å². The van der Waals surface area contributed by atoms with Gasteiger partial charge in [0, 0.05) is 6.54 Å². The van der Waals surface area contributed by atoms with Gasteiger partial charge >= 0.3 is 0 Å². The van der Waals surface area contributed by atoms with Gasteiger partial charge in [-0.3, -0.25) is 0 Å². The van der Waals surface area contributed by atoms with E-state index in [1.807, 2.05) is 18.2 Å². The highest BCUT2D eigenvalue weighted by Crippen LogP contribution is 2.34. The molecule has 0 aromatic heterocycles. The highest BCUT2D eigenvalue weighted by molar-refractivity contribution is 9.10. The van der Waals surface area contributed by atoms with Gasteiger partial charge in [0.2, 0.25) is 0 Å². The molecule has 3 rings (SSSR count). The van der Waals surface area contributed by atoms with Crippen molar-refractivity contribution in [2.45, 2.75) is 51.0 Å². The van der Waals surface area contributed by atoms with Gasteiger partial charge in [0.25, 0.3) is 0 Å². The van der Waals surface area contributed by atoms with Gasteiger partial charge in [-0.05, 0) is 59.8 Å². The summed E-state index contributed by atoms with van der Waals surface area (Å²) in [6.45, 7) is 3.55. The first-order valence-electron chi connectivity index (χ1n) is 8.22. The van der Waals surface area contributed by atoms with E-state index < -0.39 is 0 Å². The van der Waals surface area contributed by atoms with Gasteiger partial charge in [-0.25, -0.2) is 4.99 Å². The summed E-state index contributed by atoms with van der Waals surface area (Å²) >= 11 is 3.52. The molecule has 23 heavy (non-hydrogen) atoms. The average Bonchev–Trinajstić information content (AvgIpc) is 3.16. The topological polar surface area (TPSA) is 54.9 Å². The molecule has 3 atom stereocenters. The Bertz CT molecular complexity index is 579. The number of rotatable bonds is 5. The quantitative estimate of drug-likeness (QED) is 0.608. The molecule has 0 radical (unpaired) electrons. The number of hydrogen-bond donors (Lipinski definition) is 2. The predicted molar refractivity (Wildman–Crippen MR) is 94.9 cm³/mol. The van der Waals surface area contributed by atoms with E-state index in [1.54, 1.807) is 7.11 Å². The molecule has 0 aliphatic carbocycles. The number of hydrogen-bond acceptors (Lipinski definition) is 3. The Kier molecular flexibility index (Phi) is 5.43. The Labute approximate surface area is 146 Å². The third kappa shape index (κ3) is 3.98. The predicted octanol–water partition coefficient (Wildman–Crippen LogP) is 2.83. The number of fused-ring (bicyclic) bond motifs is 2. The molecule has 6 heteroatoms. The van der Waals surface area contributed by atoms with Crippen LogP contribution in [0.1, 0.15) is 31.7 Å². The van der Waals surface area contributed by atoms with Crippen molar-refractivity contribution >= 4 is 21.9 Å². The molecule has 2 fully saturated rings. The van der Waals surface area contributed by atoms with Gasteiger partial charge in [-0.2, -0.15) is 0 Å². The minimum atomic E-state index is 0.346. The van der Waals surface area contributed by atoms with Crippen molar-refractivity contribution in [3.8, 4) is 5.75 Å². The summed E-state index contributed by atoms with van der Waals surface area (Å²) in [6, 6.07) is 6.43. The van der Waals surface area contributed by atoms with Crippen molar-refractivity contribution in [2.75, 3.05) is 13.7 Å². The van der Waals surface area contributed by atoms with Crippen LogP contribution in [0, 0.1) is 0 Å². The van der Waals surface area contributed by atoms with Crippen molar-refractivity contribution < 1.29 is 9.47 Å². The molecule has 2 aliphatic heterocycles. The lowest BCUT2D eigenvalue weighted by molar-refractivity contribution is 0.0992. The molecule has 2 saturated heterocycles. The fourth-order valence-electron chi connectivity index (χ4n) is 3.26. The second-order valence-corrected chi connectivity index (χ2v) is 6.88. The lowest BCUT2D eigenvalue weighted by Crippen LogP contribution is -2.47. The average molecular weight is 382 g/mol. The first kappa shape index (κ1) is 16.6. The molecule has 5 nitrogen and oxygen atoms in total. The molecule has 2 heterocycles. The van der Waals surface area contributed by atoms with Crippen LogP contribution in [0.5, 0.6) is 5.75 Å². The minimum Gasteiger partial charge on any atom is -0.496 e. The van der Waals surface area contributed by atoms with Crippen LogP contribution in [0.3, 0.4) is 0 Å². The van der Waals surface area contributed by atoms with Crippen molar-refractivity contribution in [1.29, 1.82) is 0 Å². The summed E-state index contributed by atoms with van der Waals surface area (Å²) in [5.41, 5.74) is 1.14. The van der Waals surface area contributed by atoms with Crippen LogP contribution in [0.15, 0.2) is 27.7 Å². The van der Waals surface area contributed by atoms with E-state index in [1.165, 1.54) is 6.42 Å². The fourth-order valence-corrected chi connectivity index (χ4v) is 3.85. The SMILES string of the molecule is CCNC(=NCc1ccc(OC)c(Br)c1)NC1CC2CCC1O2. The normalized spacial score (nSPS) is 26.4. The van der Waals surface area contributed by atoms with Crippen LogP contribution in [0.25, 0.3) is 0 Å². The Morgan fingerprint density at radius 3 is 2.91 bits per heavy atom.